The van der Waals surface area contributed by atoms with Gasteiger partial charge in [-0.1, -0.05) is 0 Å². The molecule has 1 aromatic heterocycles. The van der Waals surface area contributed by atoms with Gasteiger partial charge in [-0.3, -0.25) is 0 Å². The van der Waals surface area contributed by atoms with Gasteiger partial charge in [0, 0.05) is 25.3 Å². The fourth-order valence-corrected chi connectivity index (χ4v) is 2.32. The van der Waals surface area contributed by atoms with Crippen molar-refractivity contribution in [2.45, 2.75) is 44.1 Å². The molecule has 2 rings (SSSR count). The van der Waals surface area contributed by atoms with Gasteiger partial charge < -0.3 is 10.2 Å². The van der Waals surface area contributed by atoms with Crippen molar-refractivity contribution in [1.82, 2.24) is 0 Å². The van der Waals surface area contributed by atoms with E-state index >= 15 is 0 Å². The predicted molar refractivity (Wildman–Crippen MR) is 57.3 cm³/mol. The smallest absolute Gasteiger partial charge is 0.248 e. The number of nitrogens with two attached hydrogens (primary N) is 1. The molecule has 1 saturated carbocycles. The van der Waals surface area contributed by atoms with Gasteiger partial charge in [0.05, 0.1) is 6.26 Å². The standard InChI is InChI=1S/C12H17F2NO/c13-12(14)5-3-9(4-6-12)11(15)8-10-2-1-7-16-10/h1-2,7,9,11H,3-6,8,15H2. The number of hydrogen-bond donors (Lipinski definition) is 1. The summed E-state index contributed by atoms with van der Waals surface area (Å²) in [5.74, 6) is -1.43. The van der Waals surface area contributed by atoms with E-state index in [1.54, 1.807) is 6.26 Å². The van der Waals surface area contributed by atoms with Crippen LogP contribution >= 0.6 is 0 Å². The summed E-state index contributed by atoms with van der Waals surface area (Å²) in [5.41, 5.74) is 6.02. The van der Waals surface area contributed by atoms with Crippen LogP contribution in [-0.2, 0) is 6.42 Å². The summed E-state index contributed by atoms with van der Waals surface area (Å²) in [4.78, 5) is 0. The lowest BCUT2D eigenvalue weighted by Crippen LogP contribution is -2.37. The molecule has 1 heterocycles. The molecule has 1 aromatic rings. The molecule has 90 valence electrons. The van der Waals surface area contributed by atoms with Crippen molar-refractivity contribution in [2.24, 2.45) is 11.7 Å². The van der Waals surface area contributed by atoms with E-state index in [1.165, 1.54) is 0 Å². The van der Waals surface area contributed by atoms with Gasteiger partial charge in [0.15, 0.2) is 0 Å². The molecule has 0 spiro atoms. The van der Waals surface area contributed by atoms with Crippen LogP contribution in [-0.4, -0.2) is 12.0 Å². The lowest BCUT2D eigenvalue weighted by molar-refractivity contribution is -0.0482. The van der Waals surface area contributed by atoms with E-state index in [2.05, 4.69) is 0 Å². The monoisotopic (exact) mass is 229 g/mol. The fraction of sp³-hybridized carbons (Fsp3) is 0.667. The molecule has 0 bridgehead atoms. The molecule has 16 heavy (non-hydrogen) atoms. The molecular formula is C12H17F2NO. The summed E-state index contributed by atoms with van der Waals surface area (Å²) in [5, 5.41) is 0. The number of rotatable bonds is 3. The Hall–Kier alpha value is -0.900. The summed E-state index contributed by atoms with van der Waals surface area (Å²) in [6.45, 7) is 0. The first-order valence-electron chi connectivity index (χ1n) is 5.73. The van der Waals surface area contributed by atoms with Crippen LogP contribution in [0.4, 0.5) is 8.78 Å². The zero-order chi connectivity index (χ0) is 11.6. The van der Waals surface area contributed by atoms with Crippen molar-refractivity contribution in [3.63, 3.8) is 0 Å². The molecule has 0 radical (unpaired) electrons. The molecule has 1 unspecified atom stereocenters. The number of hydrogen-bond acceptors (Lipinski definition) is 2. The van der Waals surface area contributed by atoms with Crippen molar-refractivity contribution >= 4 is 0 Å². The minimum Gasteiger partial charge on any atom is -0.469 e. The van der Waals surface area contributed by atoms with E-state index in [0.29, 0.717) is 19.3 Å². The molecule has 1 aliphatic carbocycles. The molecule has 0 aromatic carbocycles. The minimum atomic E-state index is -2.47. The summed E-state index contributed by atoms with van der Waals surface area (Å²) in [6, 6.07) is 3.62. The Bertz CT molecular complexity index is 314. The van der Waals surface area contributed by atoms with Gasteiger partial charge >= 0.3 is 0 Å². The zero-order valence-corrected chi connectivity index (χ0v) is 9.16. The Morgan fingerprint density at radius 1 is 1.44 bits per heavy atom. The van der Waals surface area contributed by atoms with E-state index in [0.717, 1.165) is 5.76 Å². The molecule has 0 amide bonds. The summed E-state index contributed by atoms with van der Waals surface area (Å²) < 4.78 is 31.1. The second kappa shape index (κ2) is 4.53. The van der Waals surface area contributed by atoms with Crippen molar-refractivity contribution in [3.8, 4) is 0 Å². The summed E-state index contributed by atoms with van der Waals surface area (Å²) >= 11 is 0. The molecule has 2 nitrogen and oxygen atoms in total. The third-order valence-corrected chi connectivity index (χ3v) is 3.38. The number of halogens is 2. The van der Waals surface area contributed by atoms with Crippen LogP contribution in [0.2, 0.25) is 0 Å². The highest BCUT2D eigenvalue weighted by atomic mass is 19.3. The molecule has 1 fully saturated rings. The quantitative estimate of drug-likeness (QED) is 0.865. The van der Waals surface area contributed by atoms with Crippen LogP contribution in [0.5, 0.6) is 0 Å². The summed E-state index contributed by atoms with van der Waals surface area (Å²) in [7, 11) is 0. The second-order valence-corrected chi connectivity index (χ2v) is 4.64. The van der Waals surface area contributed by atoms with Crippen LogP contribution in [0.1, 0.15) is 31.4 Å². The van der Waals surface area contributed by atoms with Gasteiger partial charge in [0.25, 0.3) is 0 Å². The van der Waals surface area contributed by atoms with Gasteiger partial charge in [0.2, 0.25) is 5.92 Å². The molecule has 2 N–H and O–H groups in total. The van der Waals surface area contributed by atoms with Crippen LogP contribution in [0.25, 0.3) is 0 Å². The third kappa shape index (κ3) is 2.82. The second-order valence-electron chi connectivity index (χ2n) is 4.64. The normalized spacial score (nSPS) is 23.2. The maximum absolute atomic E-state index is 13.0. The van der Waals surface area contributed by atoms with Gasteiger partial charge in [-0.25, -0.2) is 8.78 Å². The van der Waals surface area contributed by atoms with Crippen molar-refractivity contribution in [3.05, 3.63) is 24.2 Å². The van der Waals surface area contributed by atoms with E-state index in [4.69, 9.17) is 10.2 Å². The fourth-order valence-electron chi connectivity index (χ4n) is 2.32. The molecule has 1 atom stereocenters. The highest BCUT2D eigenvalue weighted by Gasteiger charge is 2.36. The van der Waals surface area contributed by atoms with Crippen LogP contribution < -0.4 is 5.73 Å². The topological polar surface area (TPSA) is 39.2 Å². The molecular weight excluding hydrogens is 212 g/mol. The number of alkyl halides is 2. The first-order chi connectivity index (χ1) is 7.57. The average molecular weight is 229 g/mol. The number of furan rings is 1. The van der Waals surface area contributed by atoms with E-state index < -0.39 is 5.92 Å². The Morgan fingerprint density at radius 2 is 2.12 bits per heavy atom. The Balaban J connectivity index is 1.85. The summed E-state index contributed by atoms with van der Waals surface area (Å²) in [6.07, 6.45) is 3.25. The third-order valence-electron chi connectivity index (χ3n) is 3.38. The van der Waals surface area contributed by atoms with E-state index in [-0.39, 0.29) is 24.8 Å². The van der Waals surface area contributed by atoms with Crippen molar-refractivity contribution in [2.75, 3.05) is 0 Å². The van der Waals surface area contributed by atoms with Gasteiger partial charge in [-0.05, 0) is 30.9 Å². The minimum absolute atomic E-state index is 0.0243. The molecule has 0 aliphatic heterocycles. The first kappa shape index (κ1) is 11.6. The average Bonchev–Trinajstić information content (AvgIpc) is 2.70. The predicted octanol–water partition coefficient (Wildman–Crippen LogP) is 2.97. The molecule has 0 saturated heterocycles. The van der Waals surface area contributed by atoms with Crippen molar-refractivity contribution < 1.29 is 13.2 Å². The molecule has 4 heteroatoms. The van der Waals surface area contributed by atoms with Crippen molar-refractivity contribution in [1.29, 1.82) is 0 Å². The van der Waals surface area contributed by atoms with Crippen LogP contribution in [0.15, 0.2) is 22.8 Å². The first-order valence-corrected chi connectivity index (χ1v) is 5.73. The lowest BCUT2D eigenvalue weighted by Gasteiger charge is -2.31. The van der Waals surface area contributed by atoms with Gasteiger partial charge in [-0.15, -0.1) is 0 Å². The largest absolute Gasteiger partial charge is 0.469 e. The maximum atomic E-state index is 13.0. The maximum Gasteiger partial charge on any atom is 0.248 e. The van der Waals surface area contributed by atoms with Crippen LogP contribution in [0, 0.1) is 5.92 Å². The Kier molecular flexibility index (Phi) is 3.28. The van der Waals surface area contributed by atoms with E-state index in [9.17, 15) is 8.78 Å². The Labute approximate surface area is 93.8 Å². The SMILES string of the molecule is NC(Cc1ccco1)C1CCC(F)(F)CC1. The Morgan fingerprint density at radius 3 is 2.69 bits per heavy atom. The lowest BCUT2D eigenvalue weighted by atomic mass is 9.81. The van der Waals surface area contributed by atoms with Crippen LogP contribution in [0.3, 0.4) is 0 Å². The highest BCUT2D eigenvalue weighted by Crippen LogP contribution is 2.37. The van der Waals surface area contributed by atoms with Gasteiger partial charge in [0.1, 0.15) is 5.76 Å². The van der Waals surface area contributed by atoms with Gasteiger partial charge in [-0.2, -0.15) is 0 Å². The molecule has 1 aliphatic rings. The highest BCUT2D eigenvalue weighted by molar-refractivity contribution is 5.01. The van der Waals surface area contributed by atoms with E-state index in [1.807, 2.05) is 12.1 Å². The zero-order valence-electron chi connectivity index (χ0n) is 9.16.